The van der Waals surface area contributed by atoms with E-state index in [1.54, 1.807) is 19.2 Å². The molecule has 1 atom stereocenters. The number of hydrogen-bond donors (Lipinski definition) is 1. The van der Waals surface area contributed by atoms with Gasteiger partial charge >= 0.3 is 0 Å². The smallest absolute Gasteiger partial charge is 0.255 e. The van der Waals surface area contributed by atoms with E-state index in [0.717, 1.165) is 11.8 Å². The maximum absolute atomic E-state index is 12.2. The Kier molecular flexibility index (Phi) is 6.59. The van der Waals surface area contributed by atoms with Gasteiger partial charge in [-0.3, -0.25) is 9.59 Å². The minimum Gasteiger partial charge on any atom is -0.359 e. The van der Waals surface area contributed by atoms with E-state index in [0.29, 0.717) is 18.5 Å². The Hall–Kier alpha value is -2.17. The normalized spacial score (nSPS) is 13.9. The van der Waals surface area contributed by atoms with Crippen LogP contribution < -0.4 is 5.32 Å². The summed E-state index contributed by atoms with van der Waals surface area (Å²) in [5.74, 6) is -0.263. The third-order valence-corrected chi connectivity index (χ3v) is 3.35. The minimum absolute atomic E-state index is 0.129. The number of nitrogens with one attached hydrogen (secondary N) is 1. The van der Waals surface area contributed by atoms with Crippen molar-refractivity contribution in [3.63, 3.8) is 0 Å². The van der Waals surface area contributed by atoms with Gasteiger partial charge in [-0.1, -0.05) is 32.0 Å². The van der Waals surface area contributed by atoms with Gasteiger partial charge in [0.05, 0.1) is 6.04 Å². The average molecular weight is 290 g/mol. The zero-order valence-corrected chi connectivity index (χ0v) is 12.8. The topological polar surface area (TPSA) is 66.5 Å². The van der Waals surface area contributed by atoms with E-state index in [9.17, 15) is 14.4 Å². The number of carbonyl (C=O) groups excluding carboxylic acids is 3. The fourth-order valence-electron chi connectivity index (χ4n) is 2.25. The van der Waals surface area contributed by atoms with Crippen molar-refractivity contribution in [1.82, 2.24) is 10.2 Å². The summed E-state index contributed by atoms with van der Waals surface area (Å²) in [7, 11) is 1.55. The molecule has 1 aromatic rings. The van der Waals surface area contributed by atoms with Crippen molar-refractivity contribution in [2.24, 2.45) is 0 Å². The van der Waals surface area contributed by atoms with Gasteiger partial charge in [0.25, 0.3) is 5.91 Å². The summed E-state index contributed by atoms with van der Waals surface area (Å²) >= 11 is 0. The summed E-state index contributed by atoms with van der Waals surface area (Å²) in [6.07, 6.45) is 1.33. The molecule has 2 rings (SSSR count). The number of rotatable bonds is 5. The Morgan fingerprint density at radius 3 is 2.62 bits per heavy atom. The van der Waals surface area contributed by atoms with E-state index in [4.69, 9.17) is 0 Å². The van der Waals surface area contributed by atoms with Gasteiger partial charge in [-0.05, 0) is 18.1 Å². The maximum atomic E-state index is 12.2. The first-order valence-electron chi connectivity index (χ1n) is 7.22. The molecule has 1 unspecified atom stereocenters. The van der Waals surface area contributed by atoms with Crippen molar-refractivity contribution in [2.75, 3.05) is 7.05 Å². The van der Waals surface area contributed by atoms with Gasteiger partial charge in [0.15, 0.2) is 0 Å². The first kappa shape index (κ1) is 16.9. The van der Waals surface area contributed by atoms with Crippen LogP contribution in [0.1, 0.15) is 42.6 Å². The average Bonchev–Trinajstić information content (AvgIpc) is 2.87. The fraction of sp³-hybridized carbons (Fsp3) is 0.438. The number of benzene rings is 1. The van der Waals surface area contributed by atoms with E-state index in [-0.39, 0.29) is 18.2 Å². The number of aldehydes is 1. The van der Waals surface area contributed by atoms with E-state index >= 15 is 0 Å². The van der Waals surface area contributed by atoms with Gasteiger partial charge in [0, 0.05) is 25.6 Å². The summed E-state index contributed by atoms with van der Waals surface area (Å²) < 4.78 is 0. The van der Waals surface area contributed by atoms with Crippen LogP contribution in [0.3, 0.4) is 0 Å². The molecule has 0 saturated heterocycles. The fourth-order valence-corrected chi connectivity index (χ4v) is 2.25. The lowest BCUT2D eigenvalue weighted by atomic mass is 10.1. The highest BCUT2D eigenvalue weighted by Gasteiger charge is 2.32. The van der Waals surface area contributed by atoms with Crippen LogP contribution in [0.4, 0.5) is 0 Å². The Bertz CT molecular complexity index is 514. The predicted octanol–water partition coefficient (Wildman–Crippen LogP) is 1.76. The van der Waals surface area contributed by atoms with E-state index < -0.39 is 6.04 Å². The predicted molar refractivity (Wildman–Crippen MR) is 80.8 cm³/mol. The molecule has 0 radical (unpaired) electrons. The van der Waals surface area contributed by atoms with Crippen LogP contribution in [0.5, 0.6) is 0 Å². The van der Waals surface area contributed by atoms with Gasteiger partial charge in [0.2, 0.25) is 5.91 Å². The Morgan fingerprint density at radius 1 is 1.38 bits per heavy atom. The lowest BCUT2D eigenvalue weighted by Gasteiger charge is -2.22. The van der Waals surface area contributed by atoms with Gasteiger partial charge in [-0.2, -0.15) is 0 Å². The molecule has 114 valence electrons. The maximum Gasteiger partial charge on any atom is 0.255 e. The largest absolute Gasteiger partial charge is 0.359 e. The monoisotopic (exact) mass is 290 g/mol. The van der Waals surface area contributed by atoms with E-state index in [2.05, 4.69) is 5.32 Å². The molecular formula is C16H22N2O3. The molecule has 5 nitrogen and oxygen atoms in total. The molecule has 0 aliphatic carbocycles. The van der Waals surface area contributed by atoms with Crippen LogP contribution in [-0.2, 0) is 16.1 Å². The number of hydrogen-bond acceptors (Lipinski definition) is 3. The number of nitrogens with zero attached hydrogens (tertiary/aromatic N) is 1. The zero-order chi connectivity index (χ0) is 15.8. The first-order valence-corrected chi connectivity index (χ1v) is 7.22. The number of carbonyl (C=O) groups is 3. The highest BCUT2D eigenvalue weighted by molar-refractivity contribution is 5.99. The van der Waals surface area contributed by atoms with Gasteiger partial charge in [0.1, 0.15) is 6.29 Å². The third kappa shape index (κ3) is 3.90. The van der Waals surface area contributed by atoms with E-state index in [1.165, 1.54) is 4.90 Å². The van der Waals surface area contributed by atoms with Crippen molar-refractivity contribution in [1.29, 1.82) is 0 Å². The van der Waals surface area contributed by atoms with Crippen LogP contribution >= 0.6 is 0 Å². The van der Waals surface area contributed by atoms with Crippen molar-refractivity contribution in [2.45, 2.75) is 39.3 Å². The second kappa shape index (κ2) is 8.19. The number of amides is 2. The molecule has 21 heavy (non-hydrogen) atoms. The van der Waals surface area contributed by atoms with Crippen LogP contribution in [-0.4, -0.2) is 36.1 Å². The van der Waals surface area contributed by atoms with Crippen LogP contribution in [0.2, 0.25) is 0 Å². The molecule has 1 aliphatic rings. The molecule has 1 aliphatic heterocycles. The quantitative estimate of drug-likeness (QED) is 0.840. The molecule has 1 aromatic carbocycles. The molecule has 1 N–H and O–H groups in total. The molecule has 1 heterocycles. The Labute approximate surface area is 125 Å². The standard InChI is InChI=1S/C14H16N2O3.C2H6/c1-15-13(18)7-6-11(9-17)16-8-10-4-2-3-5-12(10)14(16)19;1-2/h2-5,9,11H,6-8H2,1H3,(H,15,18);1-2H3. The summed E-state index contributed by atoms with van der Waals surface area (Å²) in [5.41, 5.74) is 1.58. The van der Waals surface area contributed by atoms with Crippen LogP contribution in [0, 0.1) is 0 Å². The second-order valence-electron chi connectivity index (χ2n) is 4.51. The first-order chi connectivity index (χ1) is 10.2. The van der Waals surface area contributed by atoms with Gasteiger partial charge in [-0.15, -0.1) is 0 Å². The molecule has 0 fully saturated rings. The Morgan fingerprint density at radius 2 is 2.05 bits per heavy atom. The Balaban J connectivity index is 0.00000106. The van der Waals surface area contributed by atoms with Crippen molar-refractivity contribution >= 4 is 18.1 Å². The lowest BCUT2D eigenvalue weighted by Crippen LogP contribution is -2.37. The molecule has 2 amide bonds. The van der Waals surface area contributed by atoms with Crippen molar-refractivity contribution in [3.05, 3.63) is 35.4 Å². The molecule has 0 saturated carbocycles. The minimum atomic E-state index is -0.544. The molecule has 0 bridgehead atoms. The summed E-state index contributed by atoms with van der Waals surface area (Å²) in [5, 5.41) is 2.51. The van der Waals surface area contributed by atoms with Crippen LogP contribution in [0.15, 0.2) is 24.3 Å². The summed E-state index contributed by atoms with van der Waals surface area (Å²) in [6.45, 7) is 4.44. The molecule has 5 heteroatoms. The summed E-state index contributed by atoms with van der Waals surface area (Å²) in [6, 6.07) is 6.78. The summed E-state index contributed by atoms with van der Waals surface area (Å²) in [4.78, 5) is 36.1. The highest BCUT2D eigenvalue weighted by Crippen LogP contribution is 2.25. The third-order valence-electron chi connectivity index (χ3n) is 3.35. The SMILES string of the molecule is CC.CNC(=O)CCC(C=O)N1Cc2ccccc2C1=O. The molecule has 0 aromatic heterocycles. The van der Waals surface area contributed by atoms with Gasteiger partial charge < -0.3 is 15.0 Å². The number of fused-ring (bicyclic) bond motifs is 1. The molecule has 0 spiro atoms. The van der Waals surface area contributed by atoms with Crippen molar-refractivity contribution < 1.29 is 14.4 Å². The van der Waals surface area contributed by atoms with Crippen LogP contribution in [0.25, 0.3) is 0 Å². The van der Waals surface area contributed by atoms with Gasteiger partial charge in [-0.25, -0.2) is 0 Å². The highest BCUT2D eigenvalue weighted by atomic mass is 16.2. The lowest BCUT2D eigenvalue weighted by molar-refractivity contribution is -0.121. The second-order valence-corrected chi connectivity index (χ2v) is 4.51. The van der Waals surface area contributed by atoms with E-state index in [1.807, 2.05) is 26.0 Å². The molecular weight excluding hydrogens is 268 g/mol. The van der Waals surface area contributed by atoms with Crippen molar-refractivity contribution in [3.8, 4) is 0 Å². The zero-order valence-electron chi connectivity index (χ0n) is 12.8.